The molecule has 1 aromatic carbocycles. The topological polar surface area (TPSA) is 70.6 Å². The third-order valence-electron chi connectivity index (χ3n) is 3.82. The number of hydrazine groups is 1. The van der Waals surface area contributed by atoms with Crippen molar-refractivity contribution in [3.05, 3.63) is 46.3 Å². The van der Waals surface area contributed by atoms with Gasteiger partial charge < -0.3 is 0 Å². The van der Waals surface area contributed by atoms with Crippen molar-refractivity contribution in [3.63, 3.8) is 0 Å². The molecule has 0 aliphatic carbocycles. The summed E-state index contributed by atoms with van der Waals surface area (Å²) >= 11 is 7.73. The molecule has 0 spiro atoms. The number of hydrogen-bond acceptors (Lipinski definition) is 7. The second kappa shape index (κ2) is 6.75. The van der Waals surface area contributed by atoms with E-state index < -0.39 is 17.7 Å². The Hall–Kier alpha value is -2.36. The molecule has 0 saturated carbocycles. The van der Waals surface area contributed by atoms with Gasteiger partial charge in [0.15, 0.2) is 4.32 Å². The minimum atomic E-state index is -0.474. The summed E-state index contributed by atoms with van der Waals surface area (Å²) in [4.78, 5) is 41.3. The van der Waals surface area contributed by atoms with Gasteiger partial charge in [-0.2, -0.15) is 10.0 Å². The van der Waals surface area contributed by atoms with Gasteiger partial charge >= 0.3 is 0 Å². The summed E-state index contributed by atoms with van der Waals surface area (Å²) in [7, 11) is 0. The first-order chi connectivity index (χ1) is 12.5. The number of imide groups is 1. The van der Waals surface area contributed by atoms with Crippen molar-refractivity contribution < 1.29 is 14.4 Å². The molecule has 2 saturated heterocycles. The van der Waals surface area contributed by atoms with Crippen LogP contribution in [0.25, 0.3) is 16.6 Å². The highest BCUT2D eigenvalue weighted by Gasteiger charge is 2.44. The van der Waals surface area contributed by atoms with E-state index in [0.29, 0.717) is 10.6 Å². The lowest BCUT2D eigenvalue weighted by molar-refractivity contribution is -0.157. The van der Waals surface area contributed by atoms with Gasteiger partial charge in [0.1, 0.15) is 5.01 Å². The summed E-state index contributed by atoms with van der Waals surface area (Å²) in [5, 5.41) is 4.54. The van der Waals surface area contributed by atoms with Crippen molar-refractivity contribution in [1.82, 2.24) is 15.0 Å². The third kappa shape index (κ3) is 2.98. The summed E-state index contributed by atoms with van der Waals surface area (Å²) in [5.41, 5.74) is 1.63. The largest absolute Gasteiger partial charge is 0.285 e. The van der Waals surface area contributed by atoms with E-state index in [1.54, 1.807) is 6.08 Å². The zero-order valence-electron chi connectivity index (χ0n) is 13.2. The average Bonchev–Trinajstić information content (AvgIpc) is 3.30. The number of thioether (sulfide) groups is 1. The van der Waals surface area contributed by atoms with Crippen LogP contribution >= 0.6 is 35.3 Å². The molecule has 0 atom stereocenters. The minimum absolute atomic E-state index is 0.0987. The van der Waals surface area contributed by atoms with Gasteiger partial charge in [0.25, 0.3) is 5.91 Å². The number of hydrogen-bond donors (Lipinski definition) is 0. The van der Waals surface area contributed by atoms with E-state index in [2.05, 4.69) is 4.98 Å². The van der Waals surface area contributed by atoms with Gasteiger partial charge in [0.2, 0.25) is 11.8 Å². The van der Waals surface area contributed by atoms with E-state index in [0.717, 1.165) is 32.4 Å². The van der Waals surface area contributed by atoms with Crippen LogP contribution < -0.4 is 0 Å². The molecule has 4 rings (SSSR count). The highest BCUT2D eigenvalue weighted by molar-refractivity contribution is 8.26. The van der Waals surface area contributed by atoms with E-state index in [1.807, 2.05) is 35.7 Å². The fraction of sp³-hybridized carbons (Fsp3) is 0.118. The molecule has 2 aliphatic rings. The average molecular weight is 401 g/mol. The van der Waals surface area contributed by atoms with Crippen LogP contribution in [0.15, 0.2) is 40.6 Å². The van der Waals surface area contributed by atoms with Crippen molar-refractivity contribution >= 4 is 63.4 Å². The lowest BCUT2D eigenvalue weighted by atomic mass is 10.2. The molecule has 0 radical (unpaired) electrons. The van der Waals surface area contributed by atoms with Crippen molar-refractivity contribution in [1.29, 1.82) is 0 Å². The second-order valence-electron chi connectivity index (χ2n) is 5.54. The molecule has 2 aliphatic heterocycles. The van der Waals surface area contributed by atoms with Crippen molar-refractivity contribution in [2.45, 2.75) is 12.8 Å². The third-order valence-corrected chi connectivity index (χ3v) is 6.01. The van der Waals surface area contributed by atoms with Gasteiger partial charge in [0.05, 0.1) is 10.6 Å². The lowest BCUT2D eigenvalue weighted by Gasteiger charge is -2.23. The van der Waals surface area contributed by atoms with Gasteiger partial charge in [-0.05, 0) is 18.3 Å². The van der Waals surface area contributed by atoms with Crippen LogP contribution in [0.1, 0.15) is 18.5 Å². The Bertz CT molecular complexity index is 952. The molecule has 3 heterocycles. The number of aromatic nitrogens is 1. The first-order valence-electron chi connectivity index (χ1n) is 7.69. The standard InChI is InChI=1S/C17H11N3O3S3/c21-13-6-7-14(22)19(13)20-16(23)12(26-17(20)24)8-11-9-25-15(18-11)10-4-2-1-3-5-10/h1-5,8-9H,6-7H2/b12-8-. The number of benzene rings is 1. The molecule has 2 fully saturated rings. The van der Waals surface area contributed by atoms with Gasteiger partial charge in [0, 0.05) is 23.8 Å². The summed E-state index contributed by atoms with van der Waals surface area (Å²) in [6, 6.07) is 9.74. The smallest absolute Gasteiger partial charge is 0.272 e. The molecule has 0 unspecified atom stereocenters. The van der Waals surface area contributed by atoms with Crippen LogP contribution in [0.5, 0.6) is 0 Å². The molecule has 9 heteroatoms. The van der Waals surface area contributed by atoms with Crippen LogP contribution in [-0.4, -0.2) is 37.0 Å². The van der Waals surface area contributed by atoms with E-state index >= 15 is 0 Å². The fourth-order valence-electron chi connectivity index (χ4n) is 2.62. The van der Waals surface area contributed by atoms with E-state index in [4.69, 9.17) is 12.2 Å². The predicted octanol–water partition coefficient (Wildman–Crippen LogP) is 3.08. The van der Waals surface area contributed by atoms with Crippen LogP contribution in [0.3, 0.4) is 0 Å². The van der Waals surface area contributed by atoms with Crippen LogP contribution in [-0.2, 0) is 14.4 Å². The Morgan fingerprint density at radius 2 is 1.73 bits per heavy atom. The van der Waals surface area contributed by atoms with Gasteiger partial charge in [-0.15, -0.1) is 11.3 Å². The van der Waals surface area contributed by atoms with Gasteiger partial charge in [-0.25, -0.2) is 4.98 Å². The maximum Gasteiger partial charge on any atom is 0.285 e. The Morgan fingerprint density at radius 3 is 2.42 bits per heavy atom. The first kappa shape index (κ1) is 17.1. The Labute approximate surface area is 162 Å². The molecular weight excluding hydrogens is 390 g/mol. The van der Waals surface area contributed by atoms with Crippen molar-refractivity contribution in [2.75, 3.05) is 0 Å². The molecule has 0 N–H and O–H groups in total. The lowest BCUT2D eigenvalue weighted by Crippen LogP contribution is -2.48. The normalized spacial score (nSPS) is 19.3. The number of amides is 3. The highest BCUT2D eigenvalue weighted by Crippen LogP contribution is 2.36. The molecule has 26 heavy (non-hydrogen) atoms. The van der Waals surface area contributed by atoms with Crippen LogP contribution in [0.4, 0.5) is 0 Å². The monoisotopic (exact) mass is 401 g/mol. The zero-order chi connectivity index (χ0) is 18.3. The van der Waals surface area contributed by atoms with Crippen molar-refractivity contribution in [3.8, 4) is 10.6 Å². The minimum Gasteiger partial charge on any atom is -0.272 e. The fourth-order valence-corrected chi connectivity index (χ4v) is 4.63. The summed E-state index contributed by atoms with van der Waals surface area (Å²) in [6.07, 6.45) is 1.83. The Kier molecular flexibility index (Phi) is 4.43. The Balaban J connectivity index is 1.60. The SMILES string of the molecule is O=C1CCC(=O)N1N1C(=O)/C(=C/c2csc(-c3ccccc3)n2)SC1=S. The molecule has 6 nitrogen and oxygen atoms in total. The number of carbonyl (C=O) groups excluding carboxylic acids is 3. The van der Waals surface area contributed by atoms with Crippen LogP contribution in [0, 0.1) is 0 Å². The maximum absolute atomic E-state index is 12.7. The molecular formula is C17H11N3O3S3. The quantitative estimate of drug-likeness (QED) is 0.447. The van der Waals surface area contributed by atoms with Gasteiger partial charge in [-0.3, -0.25) is 14.4 Å². The van der Waals surface area contributed by atoms with Gasteiger partial charge in [-0.1, -0.05) is 42.1 Å². The molecule has 2 aromatic rings. The number of nitrogens with zero attached hydrogens (tertiary/aromatic N) is 3. The number of carbonyl (C=O) groups is 3. The van der Waals surface area contributed by atoms with Crippen molar-refractivity contribution in [2.24, 2.45) is 0 Å². The highest BCUT2D eigenvalue weighted by atomic mass is 32.2. The number of thiazole rings is 1. The zero-order valence-corrected chi connectivity index (χ0v) is 15.7. The number of thiocarbonyl (C=S) groups is 1. The van der Waals surface area contributed by atoms with E-state index in [1.165, 1.54) is 11.3 Å². The van der Waals surface area contributed by atoms with E-state index in [-0.39, 0.29) is 17.2 Å². The van der Waals surface area contributed by atoms with E-state index in [9.17, 15) is 14.4 Å². The summed E-state index contributed by atoms with van der Waals surface area (Å²) < 4.78 is 0.170. The second-order valence-corrected chi connectivity index (χ2v) is 8.07. The first-order valence-corrected chi connectivity index (χ1v) is 9.79. The molecule has 0 bridgehead atoms. The van der Waals surface area contributed by atoms with Crippen LogP contribution in [0.2, 0.25) is 0 Å². The maximum atomic E-state index is 12.7. The number of rotatable bonds is 3. The predicted molar refractivity (Wildman–Crippen MR) is 104 cm³/mol. The molecule has 1 aromatic heterocycles. The summed E-state index contributed by atoms with van der Waals surface area (Å²) in [5.74, 6) is -1.29. The molecule has 3 amide bonds. The summed E-state index contributed by atoms with van der Waals surface area (Å²) in [6.45, 7) is 0. The Morgan fingerprint density at radius 1 is 1.04 bits per heavy atom. The molecule has 130 valence electrons.